The van der Waals surface area contributed by atoms with Gasteiger partial charge in [-0.15, -0.1) is 0 Å². The highest BCUT2D eigenvalue weighted by molar-refractivity contribution is 5.69. The van der Waals surface area contributed by atoms with E-state index in [1.165, 1.54) is 173 Å². The number of aromatic nitrogens is 2. The fraction of sp³-hybridized carbons (Fsp3) is 0.904. The van der Waals surface area contributed by atoms with Crippen molar-refractivity contribution in [2.75, 3.05) is 32.8 Å². The van der Waals surface area contributed by atoms with E-state index in [-0.39, 0.29) is 11.9 Å². The number of rotatable bonds is 45. The molecule has 0 spiro atoms. The Hall–Kier alpha value is -1.89. The van der Waals surface area contributed by atoms with Crippen molar-refractivity contribution < 1.29 is 19.1 Å². The van der Waals surface area contributed by atoms with Gasteiger partial charge in [-0.25, -0.2) is 4.98 Å². The first-order valence-corrected chi connectivity index (χ1v) is 25.9. The van der Waals surface area contributed by atoms with Crippen molar-refractivity contribution in [3.05, 3.63) is 18.2 Å². The van der Waals surface area contributed by atoms with Crippen molar-refractivity contribution in [3.63, 3.8) is 0 Å². The first kappa shape index (κ1) is 55.1. The molecule has 0 aliphatic rings. The molecule has 0 amide bonds. The lowest BCUT2D eigenvalue weighted by Gasteiger charge is -2.22. The van der Waals surface area contributed by atoms with Crippen LogP contribution in [0.2, 0.25) is 0 Å². The number of ether oxygens (including phenoxy) is 2. The average molecular weight is 830 g/mol. The van der Waals surface area contributed by atoms with E-state index in [0.717, 1.165) is 64.1 Å². The van der Waals surface area contributed by atoms with Crippen LogP contribution in [0.15, 0.2) is 12.4 Å². The molecule has 346 valence electrons. The summed E-state index contributed by atoms with van der Waals surface area (Å²) < 4.78 is 13.8. The van der Waals surface area contributed by atoms with Gasteiger partial charge in [-0.1, -0.05) is 175 Å². The van der Waals surface area contributed by atoms with Crippen LogP contribution in [0, 0.1) is 18.8 Å². The zero-order valence-electron chi connectivity index (χ0n) is 40.1. The molecule has 7 heteroatoms. The zero-order valence-corrected chi connectivity index (χ0v) is 40.1. The van der Waals surface area contributed by atoms with Crippen LogP contribution in [0.25, 0.3) is 0 Å². The van der Waals surface area contributed by atoms with Crippen LogP contribution < -0.4 is 0 Å². The molecule has 0 aromatic carbocycles. The smallest absolute Gasteiger partial charge is 0.305 e. The van der Waals surface area contributed by atoms with Gasteiger partial charge in [0.05, 0.1) is 13.2 Å². The van der Waals surface area contributed by atoms with Gasteiger partial charge in [0.1, 0.15) is 5.82 Å². The van der Waals surface area contributed by atoms with E-state index in [2.05, 4.69) is 55.3 Å². The normalized spacial score (nSPS) is 12.6. The summed E-state index contributed by atoms with van der Waals surface area (Å²) in [7, 11) is 0. The highest BCUT2D eigenvalue weighted by Crippen LogP contribution is 2.21. The Morgan fingerprint density at radius 2 is 0.898 bits per heavy atom. The largest absolute Gasteiger partial charge is 0.465 e. The summed E-state index contributed by atoms with van der Waals surface area (Å²) in [4.78, 5) is 32.2. The van der Waals surface area contributed by atoms with Crippen molar-refractivity contribution in [1.82, 2.24) is 14.5 Å². The topological polar surface area (TPSA) is 73.7 Å². The van der Waals surface area contributed by atoms with Gasteiger partial charge < -0.3 is 18.9 Å². The number of unbranched alkanes of at least 4 members (excludes halogenated alkanes) is 21. The van der Waals surface area contributed by atoms with Crippen LogP contribution in [0.5, 0.6) is 0 Å². The van der Waals surface area contributed by atoms with Crippen LogP contribution in [-0.4, -0.2) is 59.2 Å². The van der Waals surface area contributed by atoms with E-state index >= 15 is 0 Å². The maximum absolute atomic E-state index is 12.6. The third kappa shape index (κ3) is 34.4. The average Bonchev–Trinajstić information content (AvgIpc) is 3.65. The molecular weight excluding hydrogens is 731 g/mol. The lowest BCUT2D eigenvalue weighted by atomic mass is 9.95. The number of imidazole rings is 1. The van der Waals surface area contributed by atoms with E-state index in [0.29, 0.717) is 37.9 Å². The van der Waals surface area contributed by atoms with Crippen LogP contribution in [-0.2, 0) is 25.6 Å². The Morgan fingerprint density at radius 1 is 0.508 bits per heavy atom. The van der Waals surface area contributed by atoms with E-state index < -0.39 is 0 Å². The minimum absolute atomic E-state index is 0.00371. The number of carbonyl (C=O) groups excluding carboxylic acids is 2. The first-order chi connectivity index (χ1) is 28.9. The highest BCUT2D eigenvalue weighted by atomic mass is 16.5. The molecule has 0 aliphatic heterocycles. The molecule has 0 bridgehead atoms. The molecule has 0 fully saturated rings. The summed E-state index contributed by atoms with van der Waals surface area (Å²) in [5, 5.41) is 0. The lowest BCUT2D eigenvalue weighted by Crippen LogP contribution is -2.28. The number of aryl methyl sites for hydroxylation is 2. The molecule has 2 atom stereocenters. The Bertz CT molecular complexity index is 1060. The summed E-state index contributed by atoms with van der Waals surface area (Å²) in [5.41, 5.74) is 0. The number of hydrogen-bond acceptors (Lipinski definition) is 6. The summed E-state index contributed by atoms with van der Waals surface area (Å²) in [6.07, 6.45) is 44.6. The van der Waals surface area contributed by atoms with Crippen molar-refractivity contribution in [3.8, 4) is 0 Å². The van der Waals surface area contributed by atoms with Crippen LogP contribution in [0.3, 0.4) is 0 Å². The van der Waals surface area contributed by atoms with Crippen LogP contribution in [0.4, 0.5) is 0 Å². The Morgan fingerprint density at radius 3 is 1.34 bits per heavy atom. The Labute approximate surface area is 366 Å². The summed E-state index contributed by atoms with van der Waals surface area (Å²) in [5.74, 6) is 2.18. The SMILES string of the molecule is CCCCCCCCC(CCC)COC(=O)CCCCCCCN(CCCCCCCC(=O)OCC(CCCCCC)CCCCCCCC)CCCn1ccnc1C. The Kier molecular flexibility index (Phi) is 38.7. The number of carbonyl (C=O) groups is 2. The molecule has 0 N–H and O–H groups in total. The summed E-state index contributed by atoms with van der Waals surface area (Å²) in [6, 6.07) is 0. The predicted octanol–water partition coefficient (Wildman–Crippen LogP) is 15.2. The van der Waals surface area contributed by atoms with Gasteiger partial charge >= 0.3 is 11.9 Å². The van der Waals surface area contributed by atoms with Crippen molar-refractivity contribution in [1.29, 1.82) is 0 Å². The molecule has 1 rings (SSSR count). The maximum Gasteiger partial charge on any atom is 0.305 e. The monoisotopic (exact) mass is 830 g/mol. The quantitative estimate of drug-likeness (QED) is 0.0481. The molecule has 0 saturated carbocycles. The van der Waals surface area contributed by atoms with Gasteiger partial charge in [-0.05, 0) is 96.2 Å². The van der Waals surface area contributed by atoms with E-state index in [1.54, 1.807) is 0 Å². The van der Waals surface area contributed by atoms with Gasteiger partial charge in [0.25, 0.3) is 0 Å². The van der Waals surface area contributed by atoms with E-state index in [1.807, 2.05) is 6.20 Å². The van der Waals surface area contributed by atoms with Crippen molar-refractivity contribution >= 4 is 11.9 Å². The molecule has 0 radical (unpaired) electrons. The van der Waals surface area contributed by atoms with Gasteiger partial charge in [-0.2, -0.15) is 0 Å². The zero-order chi connectivity index (χ0) is 42.9. The van der Waals surface area contributed by atoms with Crippen LogP contribution in [0.1, 0.15) is 252 Å². The Balaban J connectivity index is 2.29. The summed E-state index contributed by atoms with van der Waals surface area (Å²) >= 11 is 0. The van der Waals surface area contributed by atoms with Gasteiger partial charge in [-0.3, -0.25) is 9.59 Å². The third-order valence-corrected chi connectivity index (χ3v) is 12.6. The molecule has 2 unspecified atom stereocenters. The van der Waals surface area contributed by atoms with Gasteiger partial charge in [0, 0.05) is 31.8 Å². The van der Waals surface area contributed by atoms with E-state index in [4.69, 9.17) is 9.47 Å². The van der Waals surface area contributed by atoms with E-state index in [9.17, 15) is 9.59 Å². The predicted molar refractivity (Wildman–Crippen MR) is 252 cm³/mol. The first-order valence-electron chi connectivity index (χ1n) is 25.9. The van der Waals surface area contributed by atoms with Crippen molar-refractivity contribution in [2.45, 2.75) is 259 Å². The minimum Gasteiger partial charge on any atom is -0.465 e. The summed E-state index contributed by atoms with van der Waals surface area (Å²) in [6.45, 7) is 16.8. The second-order valence-electron chi connectivity index (χ2n) is 18.2. The van der Waals surface area contributed by atoms with Gasteiger partial charge in [0.2, 0.25) is 0 Å². The molecule has 1 aromatic rings. The number of hydrogen-bond donors (Lipinski definition) is 0. The van der Waals surface area contributed by atoms with Crippen LogP contribution >= 0.6 is 0 Å². The maximum atomic E-state index is 12.6. The highest BCUT2D eigenvalue weighted by Gasteiger charge is 2.14. The number of nitrogens with zero attached hydrogens (tertiary/aromatic N) is 3. The molecule has 59 heavy (non-hydrogen) atoms. The molecule has 0 aliphatic carbocycles. The lowest BCUT2D eigenvalue weighted by molar-refractivity contribution is -0.146. The second-order valence-corrected chi connectivity index (χ2v) is 18.2. The molecule has 0 saturated heterocycles. The molecule has 7 nitrogen and oxygen atoms in total. The van der Waals surface area contributed by atoms with Crippen molar-refractivity contribution in [2.24, 2.45) is 11.8 Å². The second kappa shape index (κ2) is 41.5. The minimum atomic E-state index is 0.00371. The fourth-order valence-electron chi connectivity index (χ4n) is 8.59. The fourth-order valence-corrected chi connectivity index (χ4v) is 8.59. The third-order valence-electron chi connectivity index (χ3n) is 12.6. The molecule has 1 heterocycles. The molecular formula is C52H99N3O4. The standard InChI is InChI=1S/C52H99N3O4/c1-6-10-13-16-20-27-35-49(34-9-4)46-58-51(56)38-29-22-18-24-31-41-54(43-33-44-55-45-40-53-48(55)5)42-32-25-19-23-30-39-52(57)59-47-50(36-26-15-12-8-3)37-28-21-17-14-11-7-2/h40,45,49-50H,6-39,41-44,46-47H2,1-5H3. The van der Waals surface area contributed by atoms with Gasteiger partial charge in [0.15, 0.2) is 0 Å². The number of esters is 2. The molecule has 1 aromatic heterocycles.